The Morgan fingerprint density at radius 3 is 2.24 bits per heavy atom. The molecule has 0 N–H and O–H groups in total. The lowest BCUT2D eigenvalue weighted by Crippen LogP contribution is -2.39. The van der Waals surface area contributed by atoms with E-state index in [4.69, 9.17) is 9.47 Å². The third-order valence-corrected chi connectivity index (χ3v) is 2.61. The van der Waals surface area contributed by atoms with E-state index < -0.39 is 23.6 Å². The van der Waals surface area contributed by atoms with Crippen LogP contribution in [0.2, 0.25) is 0 Å². The number of carbonyl (C=O) groups is 3. The molecular weight excluding hydrogens is 274 g/mol. The van der Waals surface area contributed by atoms with Crippen molar-refractivity contribution in [2.75, 3.05) is 19.7 Å². The molecule has 0 radical (unpaired) electrons. The highest BCUT2D eigenvalue weighted by atomic mass is 16.6. The van der Waals surface area contributed by atoms with Gasteiger partial charge in [-0.05, 0) is 40.5 Å². The second kappa shape index (κ2) is 9.37. The Balaban J connectivity index is 4.59. The van der Waals surface area contributed by atoms with Gasteiger partial charge in [0.15, 0.2) is 0 Å². The van der Waals surface area contributed by atoms with Crippen molar-refractivity contribution in [2.45, 2.75) is 53.1 Å². The van der Waals surface area contributed by atoms with Gasteiger partial charge >= 0.3 is 12.1 Å². The van der Waals surface area contributed by atoms with Crippen molar-refractivity contribution in [3.63, 3.8) is 0 Å². The van der Waals surface area contributed by atoms with Crippen LogP contribution in [0.25, 0.3) is 0 Å². The minimum absolute atomic E-state index is 0.230. The lowest BCUT2D eigenvalue weighted by molar-refractivity contribution is -0.149. The van der Waals surface area contributed by atoms with Gasteiger partial charge in [0.1, 0.15) is 17.8 Å². The zero-order valence-electron chi connectivity index (χ0n) is 13.7. The summed E-state index contributed by atoms with van der Waals surface area (Å²) in [5.74, 6) is -1.39. The molecule has 6 nitrogen and oxygen atoms in total. The molecule has 0 aliphatic carbocycles. The smallest absolute Gasteiger partial charge is 0.410 e. The van der Waals surface area contributed by atoms with Gasteiger partial charge in [-0.2, -0.15) is 0 Å². The first-order valence-corrected chi connectivity index (χ1v) is 7.35. The zero-order chi connectivity index (χ0) is 16.5. The van der Waals surface area contributed by atoms with Crippen LogP contribution in [0, 0.1) is 5.92 Å². The number of hydrogen-bond acceptors (Lipinski definition) is 5. The van der Waals surface area contributed by atoms with Crippen LogP contribution in [0.15, 0.2) is 0 Å². The Bertz CT molecular complexity index is 348. The zero-order valence-corrected chi connectivity index (χ0v) is 13.7. The van der Waals surface area contributed by atoms with Gasteiger partial charge in [-0.15, -0.1) is 0 Å². The molecule has 0 aromatic heterocycles. The average Bonchev–Trinajstić information content (AvgIpc) is 2.36. The largest absolute Gasteiger partial charge is 0.465 e. The average molecular weight is 301 g/mol. The number of rotatable bonds is 8. The molecule has 0 aromatic carbocycles. The van der Waals surface area contributed by atoms with Gasteiger partial charge < -0.3 is 19.2 Å². The maximum atomic E-state index is 12.0. The number of hydrogen-bond donors (Lipinski definition) is 0. The molecule has 0 aliphatic heterocycles. The molecule has 21 heavy (non-hydrogen) atoms. The van der Waals surface area contributed by atoms with Gasteiger partial charge in [0, 0.05) is 13.1 Å². The number of esters is 1. The van der Waals surface area contributed by atoms with E-state index in [2.05, 4.69) is 0 Å². The summed E-state index contributed by atoms with van der Waals surface area (Å²) < 4.78 is 10.1. The maximum Gasteiger partial charge on any atom is 0.410 e. The van der Waals surface area contributed by atoms with Gasteiger partial charge in [0.2, 0.25) is 0 Å². The van der Waals surface area contributed by atoms with E-state index in [1.165, 1.54) is 4.90 Å². The van der Waals surface area contributed by atoms with Crippen LogP contribution >= 0.6 is 0 Å². The third kappa shape index (κ3) is 8.32. The third-order valence-electron chi connectivity index (χ3n) is 2.61. The summed E-state index contributed by atoms with van der Waals surface area (Å²) in [7, 11) is 0. The summed E-state index contributed by atoms with van der Waals surface area (Å²) in [5, 5.41) is 0. The van der Waals surface area contributed by atoms with Crippen LogP contribution in [0.4, 0.5) is 4.79 Å². The van der Waals surface area contributed by atoms with Gasteiger partial charge in [0.25, 0.3) is 0 Å². The summed E-state index contributed by atoms with van der Waals surface area (Å²) >= 11 is 0. The van der Waals surface area contributed by atoms with Crippen molar-refractivity contribution in [1.82, 2.24) is 4.90 Å². The Labute approximate surface area is 126 Å². The summed E-state index contributed by atoms with van der Waals surface area (Å²) in [6.07, 6.45) is 1.14. The molecule has 0 fully saturated rings. The highest BCUT2D eigenvalue weighted by Gasteiger charge is 2.24. The molecule has 0 saturated heterocycles. The SMILES string of the molecule is CCCN(CCC(C=O)C(=O)OCC)C(=O)OC(C)(C)C. The number of amides is 1. The van der Waals surface area contributed by atoms with E-state index >= 15 is 0 Å². The summed E-state index contributed by atoms with van der Waals surface area (Å²) in [6, 6.07) is 0. The standard InChI is InChI=1S/C15H27NO5/c1-6-9-16(14(19)21-15(3,4)5)10-8-12(11-17)13(18)20-7-2/h11-12H,6-10H2,1-5H3. The van der Waals surface area contributed by atoms with Crippen molar-refractivity contribution in [3.05, 3.63) is 0 Å². The first kappa shape index (κ1) is 19.4. The van der Waals surface area contributed by atoms with Crippen LogP contribution < -0.4 is 0 Å². The molecular formula is C15H27NO5. The minimum atomic E-state index is -0.841. The Morgan fingerprint density at radius 1 is 1.19 bits per heavy atom. The van der Waals surface area contributed by atoms with Crippen molar-refractivity contribution < 1.29 is 23.9 Å². The predicted molar refractivity (Wildman–Crippen MR) is 78.9 cm³/mol. The summed E-state index contributed by atoms with van der Waals surface area (Å²) in [4.78, 5) is 36.1. The highest BCUT2D eigenvalue weighted by molar-refractivity contribution is 5.87. The minimum Gasteiger partial charge on any atom is -0.465 e. The maximum absolute atomic E-state index is 12.0. The second-order valence-electron chi connectivity index (χ2n) is 5.75. The molecule has 1 atom stereocenters. The van der Waals surface area contributed by atoms with E-state index in [9.17, 15) is 14.4 Å². The first-order valence-electron chi connectivity index (χ1n) is 7.35. The van der Waals surface area contributed by atoms with Crippen molar-refractivity contribution in [3.8, 4) is 0 Å². The molecule has 0 saturated carbocycles. The predicted octanol–water partition coefficient (Wildman–Crippen LogP) is 2.40. The number of ether oxygens (including phenoxy) is 2. The number of carbonyl (C=O) groups excluding carboxylic acids is 3. The Kier molecular flexibility index (Phi) is 8.66. The monoisotopic (exact) mass is 301 g/mol. The van der Waals surface area contributed by atoms with Crippen LogP contribution in [0.3, 0.4) is 0 Å². The van der Waals surface area contributed by atoms with Crippen LogP contribution in [0.5, 0.6) is 0 Å². The van der Waals surface area contributed by atoms with E-state index in [0.717, 1.165) is 6.42 Å². The molecule has 122 valence electrons. The van der Waals surface area contributed by atoms with Crippen molar-refractivity contribution in [1.29, 1.82) is 0 Å². The fourth-order valence-corrected chi connectivity index (χ4v) is 1.68. The van der Waals surface area contributed by atoms with E-state index in [1.807, 2.05) is 6.92 Å². The molecule has 0 aromatic rings. The van der Waals surface area contributed by atoms with E-state index in [0.29, 0.717) is 12.8 Å². The summed E-state index contributed by atoms with van der Waals surface area (Å²) in [6.45, 7) is 10.0. The summed E-state index contributed by atoms with van der Waals surface area (Å²) in [5.41, 5.74) is -0.575. The Hall–Kier alpha value is -1.59. The topological polar surface area (TPSA) is 72.9 Å². The van der Waals surface area contributed by atoms with Crippen LogP contribution in [-0.4, -0.2) is 48.5 Å². The Morgan fingerprint density at radius 2 is 1.81 bits per heavy atom. The quantitative estimate of drug-likeness (QED) is 0.391. The van der Waals surface area contributed by atoms with Crippen LogP contribution in [-0.2, 0) is 19.1 Å². The van der Waals surface area contributed by atoms with Gasteiger partial charge in [-0.3, -0.25) is 4.79 Å². The van der Waals surface area contributed by atoms with Gasteiger partial charge in [-0.1, -0.05) is 6.92 Å². The van der Waals surface area contributed by atoms with Crippen LogP contribution in [0.1, 0.15) is 47.5 Å². The fraction of sp³-hybridized carbons (Fsp3) is 0.800. The van der Waals surface area contributed by atoms with E-state index in [-0.39, 0.29) is 19.6 Å². The molecule has 6 heteroatoms. The van der Waals surface area contributed by atoms with Gasteiger partial charge in [0.05, 0.1) is 6.61 Å². The molecule has 1 amide bonds. The first-order chi connectivity index (χ1) is 9.75. The normalized spacial score (nSPS) is 12.4. The lowest BCUT2D eigenvalue weighted by atomic mass is 10.1. The molecule has 1 unspecified atom stereocenters. The molecule has 0 bridgehead atoms. The van der Waals surface area contributed by atoms with Gasteiger partial charge in [-0.25, -0.2) is 4.79 Å². The van der Waals surface area contributed by atoms with Crippen molar-refractivity contribution >= 4 is 18.3 Å². The second-order valence-corrected chi connectivity index (χ2v) is 5.75. The van der Waals surface area contributed by atoms with E-state index in [1.54, 1.807) is 27.7 Å². The molecule has 0 heterocycles. The van der Waals surface area contributed by atoms with Crippen molar-refractivity contribution in [2.24, 2.45) is 5.92 Å². The fourth-order valence-electron chi connectivity index (χ4n) is 1.68. The molecule has 0 aliphatic rings. The highest BCUT2D eigenvalue weighted by Crippen LogP contribution is 2.12. The molecule has 0 spiro atoms. The number of nitrogens with zero attached hydrogens (tertiary/aromatic N) is 1. The molecule has 0 rings (SSSR count). The lowest BCUT2D eigenvalue weighted by Gasteiger charge is -2.27. The number of aldehydes is 1.